The molecule has 0 aromatic rings. The lowest BCUT2D eigenvalue weighted by Gasteiger charge is -2.30. The summed E-state index contributed by atoms with van der Waals surface area (Å²) in [5.41, 5.74) is 0. The number of hydrogen-bond donors (Lipinski definition) is 1. The molecule has 19 heavy (non-hydrogen) atoms. The van der Waals surface area contributed by atoms with Crippen molar-refractivity contribution in [1.29, 1.82) is 0 Å². The summed E-state index contributed by atoms with van der Waals surface area (Å²) in [6, 6.07) is 0. The summed E-state index contributed by atoms with van der Waals surface area (Å²) in [6.07, 6.45) is 6.24. The molecule has 0 aliphatic carbocycles. The van der Waals surface area contributed by atoms with Crippen LogP contribution in [0.15, 0.2) is 0 Å². The van der Waals surface area contributed by atoms with Gasteiger partial charge in [-0.3, -0.25) is 4.79 Å². The standard InChI is InChI=1S/C14H28N2O3/c1-4-5-6-7-8-9-13(17)15-10-11-16(2,3)12-14(18)19/h4-12H2,1-3H3,(H-,15,17,18,19). The molecule has 1 N–H and O–H groups in total. The quantitative estimate of drug-likeness (QED) is 0.434. The molecule has 0 radical (unpaired) electrons. The second kappa shape index (κ2) is 9.78. The van der Waals surface area contributed by atoms with Gasteiger partial charge in [0.05, 0.1) is 33.2 Å². The molecular formula is C14H28N2O3. The van der Waals surface area contributed by atoms with Crippen LogP contribution in [0.3, 0.4) is 0 Å². The van der Waals surface area contributed by atoms with Gasteiger partial charge in [0.25, 0.3) is 0 Å². The van der Waals surface area contributed by atoms with E-state index in [1.807, 2.05) is 14.1 Å². The van der Waals surface area contributed by atoms with Crippen molar-refractivity contribution in [1.82, 2.24) is 5.32 Å². The first-order chi connectivity index (χ1) is 8.87. The summed E-state index contributed by atoms with van der Waals surface area (Å²) in [7, 11) is 3.62. The van der Waals surface area contributed by atoms with Gasteiger partial charge in [-0.05, 0) is 6.42 Å². The highest BCUT2D eigenvalue weighted by atomic mass is 16.4. The molecule has 0 aliphatic heterocycles. The van der Waals surface area contributed by atoms with Crippen LogP contribution >= 0.6 is 0 Å². The third-order valence-corrected chi connectivity index (χ3v) is 3.10. The van der Waals surface area contributed by atoms with Crippen LogP contribution < -0.4 is 10.4 Å². The molecule has 0 saturated heterocycles. The average molecular weight is 272 g/mol. The molecular weight excluding hydrogens is 244 g/mol. The minimum Gasteiger partial charge on any atom is -0.544 e. The Labute approximate surface area is 116 Å². The highest BCUT2D eigenvalue weighted by Crippen LogP contribution is 2.04. The fourth-order valence-corrected chi connectivity index (χ4v) is 1.90. The second-order valence-corrected chi connectivity index (χ2v) is 5.70. The lowest BCUT2D eigenvalue weighted by molar-refractivity contribution is -0.883. The van der Waals surface area contributed by atoms with Crippen molar-refractivity contribution in [2.75, 3.05) is 33.7 Å². The van der Waals surface area contributed by atoms with Crippen molar-refractivity contribution in [2.24, 2.45) is 0 Å². The number of nitrogens with one attached hydrogen (secondary N) is 1. The normalized spacial score (nSPS) is 11.3. The van der Waals surface area contributed by atoms with Crippen molar-refractivity contribution >= 4 is 11.9 Å². The van der Waals surface area contributed by atoms with Gasteiger partial charge >= 0.3 is 0 Å². The van der Waals surface area contributed by atoms with E-state index in [0.717, 1.165) is 12.8 Å². The summed E-state index contributed by atoms with van der Waals surface area (Å²) in [4.78, 5) is 22.1. The third kappa shape index (κ3) is 11.7. The number of hydrogen-bond acceptors (Lipinski definition) is 3. The van der Waals surface area contributed by atoms with Crippen LogP contribution in [-0.2, 0) is 9.59 Å². The maximum atomic E-state index is 11.5. The Morgan fingerprint density at radius 3 is 2.32 bits per heavy atom. The van der Waals surface area contributed by atoms with Crippen LogP contribution in [0.5, 0.6) is 0 Å². The number of amides is 1. The Morgan fingerprint density at radius 2 is 1.74 bits per heavy atom. The van der Waals surface area contributed by atoms with E-state index in [9.17, 15) is 14.7 Å². The maximum Gasteiger partial charge on any atom is 0.220 e. The van der Waals surface area contributed by atoms with Gasteiger partial charge in [-0.15, -0.1) is 0 Å². The Hall–Kier alpha value is -1.10. The van der Waals surface area contributed by atoms with Crippen LogP contribution in [0.25, 0.3) is 0 Å². The van der Waals surface area contributed by atoms with E-state index in [2.05, 4.69) is 12.2 Å². The van der Waals surface area contributed by atoms with Crippen molar-refractivity contribution < 1.29 is 19.2 Å². The molecule has 0 aliphatic rings. The van der Waals surface area contributed by atoms with E-state index in [1.165, 1.54) is 19.3 Å². The largest absolute Gasteiger partial charge is 0.544 e. The van der Waals surface area contributed by atoms with E-state index in [1.54, 1.807) is 0 Å². The highest BCUT2D eigenvalue weighted by molar-refractivity contribution is 5.75. The summed E-state index contributed by atoms with van der Waals surface area (Å²) in [5.74, 6) is -1.00. The Kier molecular flexibility index (Phi) is 9.21. The first-order valence-corrected chi connectivity index (χ1v) is 7.16. The molecule has 0 heterocycles. The number of carboxylic acids is 1. The smallest absolute Gasteiger partial charge is 0.220 e. The van der Waals surface area contributed by atoms with Gasteiger partial charge in [-0.25, -0.2) is 0 Å². The van der Waals surface area contributed by atoms with Crippen LogP contribution in [0.4, 0.5) is 0 Å². The zero-order chi connectivity index (χ0) is 14.7. The van der Waals surface area contributed by atoms with Crippen LogP contribution in [0.2, 0.25) is 0 Å². The molecule has 1 amide bonds. The van der Waals surface area contributed by atoms with Crippen LogP contribution in [0, 0.1) is 0 Å². The summed E-state index contributed by atoms with van der Waals surface area (Å²) in [5, 5.41) is 13.4. The van der Waals surface area contributed by atoms with E-state index >= 15 is 0 Å². The van der Waals surface area contributed by atoms with Gasteiger partial charge < -0.3 is 19.7 Å². The molecule has 0 fully saturated rings. The Bertz CT molecular complexity index is 278. The van der Waals surface area contributed by atoms with Crippen LogP contribution in [-0.4, -0.2) is 50.1 Å². The van der Waals surface area contributed by atoms with E-state index in [-0.39, 0.29) is 12.5 Å². The van der Waals surface area contributed by atoms with Crippen molar-refractivity contribution in [2.45, 2.75) is 45.4 Å². The Balaban J connectivity index is 3.60. The predicted octanol–water partition coefficient (Wildman–Crippen LogP) is 0.289. The topological polar surface area (TPSA) is 69.2 Å². The minimum atomic E-state index is -1.06. The van der Waals surface area contributed by atoms with Crippen molar-refractivity contribution in [3.63, 3.8) is 0 Å². The molecule has 5 nitrogen and oxygen atoms in total. The number of nitrogens with zero attached hydrogens (tertiary/aromatic N) is 1. The number of quaternary nitrogens is 1. The summed E-state index contributed by atoms with van der Waals surface area (Å²) < 4.78 is 0.319. The molecule has 0 atom stereocenters. The molecule has 5 heteroatoms. The molecule has 112 valence electrons. The molecule has 0 saturated carbocycles. The van der Waals surface area contributed by atoms with Gasteiger partial charge in [0.15, 0.2) is 0 Å². The number of unbranched alkanes of at least 4 members (excludes halogenated alkanes) is 4. The first-order valence-electron chi connectivity index (χ1n) is 7.16. The molecule has 0 aromatic heterocycles. The lowest BCUT2D eigenvalue weighted by atomic mass is 10.1. The summed E-state index contributed by atoms with van der Waals surface area (Å²) in [6.45, 7) is 3.23. The van der Waals surface area contributed by atoms with Gasteiger partial charge in [0.2, 0.25) is 5.91 Å². The Morgan fingerprint density at radius 1 is 1.11 bits per heavy atom. The molecule has 0 rings (SSSR count). The third-order valence-electron chi connectivity index (χ3n) is 3.10. The van der Waals surface area contributed by atoms with E-state index in [4.69, 9.17) is 0 Å². The number of aliphatic carboxylic acids is 1. The zero-order valence-corrected chi connectivity index (χ0v) is 12.5. The fraction of sp³-hybridized carbons (Fsp3) is 0.857. The predicted molar refractivity (Wildman–Crippen MR) is 73.2 cm³/mol. The number of rotatable bonds is 11. The van der Waals surface area contributed by atoms with Crippen LogP contribution in [0.1, 0.15) is 45.4 Å². The van der Waals surface area contributed by atoms with Gasteiger partial charge in [0.1, 0.15) is 6.54 Å². The molecule has 0 spiro atoms. The number of likely N-dealkylation sites (N-methyl/N-ethyl adjacent to an activating group) is 1. The zero-order valence-electron chi connectivity index (χ0n) is 12.5. The van der Waals surface area contributed by atoms with Gasteiger partial charge in [-0.2, -0.15) is 0 Å². The van der Waals surface area contributed by atoms with Gasteiger partial charge in [-0.1, -0.05) is 32.6 Å². The summed E-state index contributed by atoms with van der Waals surface area (Å²) >= 11 is 0. The van der Waals surface area contributed by atoms with Crippen molar-refractivity contribution in [3.05, 3.63) is 0 Å². The average Bonchev–Trinajstić information content (AvgIpc) is 2.26. The first kappa shape index (κ1) is 17.9. The number of carbonyl (C=O) groups is 2. The highest BCUT2D eigenvalue weighted by Gasteiger charge is 2.15. The van der Waals surface area contributed by atoms with Crippen molar-refractivity contribution in [3.8, 4) is 0 Å². The maximum absolute atomic E-state index is 11.5. The molecule has 0 unspecified atom stereocenters. The molecule has 0 bridgehead atoms. The number of carboxylic acid groups (broad SMARTS) is 1. The minimum absolute atomic E-state index is 0.0348. The number of carbonyl (C=O) groups excluding carboxylic acids is 2. The van der Waals surface area contributed by atoms with E-state index in [0.29, 0.717) is 24.0 Å². The monoisotopic (exact) mass is 272 g/mol. The fourth-order valence-electron chi connectivity index (χ4n) is 1.90. The molecule has 0 aromatic carbocycles. The SMILES string of the molecule is CCCCCCCC(=O)NCC[N+](C)(C)CC(=O)[O-]. The lowest BCUT2D eigenvalue weighted by Crippen LogP contribution is -2.51. The van der Waals surface area contributed by atoms with Gasteiger partial charge in [0, 0.05) is 6.42 Å². The van der Waals surface area contributed by atoms with E-state index < -0.39 is 5.97 Å². The second-order valence-electron chi connectivity index (χ2n) is 5.70.